The van der Waals surface area contributed by atoms with E-state index in [1.54, 1.807) is 9.58 Å². The Morgan fingerprint density at radius 3 is 2.52 bits per heavy atom. The molecule has 7 nitrogen and oxygen atoms in total. The summed E-state index contributed by atoms with van der Waals surface area (Å²) in [5.74, 6) is -2.34. The van der Waals surface area contributed by atoms with Crippen molar-refractivity contribution < 1.29 is 13.6 Å². The molecule has 29 heavy (non-hydrogen) atoms. The quantitative estimate of drug-likeness (QED) is 0.825. The number of aromatic amines is 1. The minimum Gasteiger partial charge on any atom is -0.343 e. The second-order valence-electron chi connectivity index (χ2n) is 8.17. The number of nitrogens with one attached hydrogen (secondary N) is 1. The first-order valence-electron chi connectivity index (χ1n) is 10.5. The zero-order chi connectivity index (χ0) is 20.8. The first-order chi connectivity index (χ1) is 13.8. The van der Waals surface area contributed by atoms with Gasteiger partial charge in [0, 0.05) is 37.8 Å². The lowest BCUT2D eigenvalue weighted by atomic mass is 9.72. The van der Waals surface area contributed by atoms with Gasteiger partial charge in [0.05, 0.1) is 12.2 Å². The minimum atomic E-state index is -2.63. The van der Waals surface area contributed by atoms with E-state index in [0.717, 1.165) is 12.8 Å². The highest BCUT2D eigenvalue weighted by Gasteiger charge is 2.41. The fraction of sp³-hybridized carbons (Fsp3) is 0.700. The summed E-state index contributed by atoms with van der Waals surface area (Å²) in [5.41, 5.74) is 0.137. The van der Waals surface area contributed by atoms with Crippen molar-refractivity contribution in [1.29, 1.82) is 0 Å². The number of alkyl halides is 2. The number of rotatable bonds is 5. The maximum atomic E-state index is 13.5. The fourth-order valence-electron chi connectivity index (χ4n) is 4.56. The van der Waals surface area contributed by atoms with Crippen LogP contribution < -0.4 is 5.56 Å². The third kappa shape index (κ3) is 3.55. The lowest BCUT2D eigenvalue weighted by Gasteiger charge is -2.37. The number of hydrogen-bond donors (Lipinski definition) is 1. The highest BCUT2D eigenvalue weighted by molar-refractivity contribution is 5.81. The zero-order valence-electron chi connectivity index (χ0n) is 16.8. The second-order valence-corrected chi connectivity index (χ2v) is 8.17. The molecule has 0 aromatic carbocycles. The highest BCUT2D eigenvalue weighted by Crippen LogP contribution is 2.43. The first kappa shape index (κ1) is 20.0. The van der Waals surface area contributed by atoms with Crippen LogP contribution >= 0.6 is 0 Å². The topological polar surface area (TPSA) is 83.9 Å². The summed E-state index contributed by atoms with van der Waals surface area (Å²) in [6.07, 6.45) is 3.27. The first-order valence-corrected chi connectivity index (χ1v) is 10.5. The number of H-pyrrole nitrogens is 1. The number of fused-ring (bicyclic) bond motifs is 1. The number of aromatic nitrogens is 4. The molecule has 2 aliphatic carbocycles. The van der Waals surface area contributed by atoms with Crippen LogP contribution in [0.1, 0.15) is 70.2 Å². The molecule has 0 saturated heterocycles. The lowest BCUT2D eigenvalue weighted by Crippen LogP contribution is -2.43. The molecule has 0 spiro atoms. The van der Waals surface area contributed by atoms with E-state index in [-0.39, 0.29) is 42.2 Å². The summed E-state index contributed by atoms with van der Waals surface area (Å²) in [6, 6.07) is -0.191. The van der Waals surface area contributed by atoms with Gasteiger partial charge in [-0.1, -0.05) is 0 Å². The van der Waals surface area contributed by atoms with Gasteiger partial charge in [0.1, 0.15) is 11.2 Å². The second kappa shape index (κ2) is 7.50. The summed E-state index contributed by atoms with van der Waals surface area (Å²) < 4.78 is 28.7. The Morgan fingerprint density at radius 1 is 1.24 bits per heavy atom. The van der Waals surface area contributed by atoms with Crippen LogP contribution in [0.5, 0.6) is 0 Å². The number of halogens is 2. The average molecular weight is 407 g/mol. The van der Waals surface area contributed by atoms with Crippen molar-refractivity contribution in [2.45, 2.75) is 70.3 Å². The van der Waals surface area contributed by atoms with Gasteiger partial charge in [-0.2, -0.15) is 5.10 Å². The lowest BCUT2D eigenvalue weighted by molar-refractivity contribution is -0.139. The molecule has 0 bridgehead atoms. The number of hydrogen-bond acceptors (Lipinski definition) is 4. The molecule has 158 valence electrons. The van der Waals surface area contributed by atoms with E-state index in [1.165, 1.54) is 6.20 Å². The van der Waals surface area contributed by atoms with Gasteiger partial charge in [-0.15, -0.1) is 0 Å². The summed E-state index contributed by atoms with van der Waals surface area (Å²) in [5, 5.41) is 4.65. The van der Waals surface area contributed by atoms with Gasteiger partial charge in [0.2, 0.25) is 11.8 Å². The number of amides is 1. The van der Waals surface area contributed by atoms with E-state index in [0.29, 0.717) is 42.8 Å². The normalized spacial score (nSPS) is 24.4. The third-order valence-electron chi connectivity index (χ3n) is 6.53. The summed E-state index contributed by atoms with van der Waals surface area (Å²) in [6.45, 7) is 5.21. The van der Waals surface area contributed by atoms with E-state index >= 15 is 0 Å². The van der Waals surface area contributed by atoms with Crippen molar-refractivity contribution in [1.82, 2.24) is 24.6 Å². The molecule has 2 fully saturated rings. The Kier molecular flexibility index (Phi) is 5.16. The van der Waals surface area contributed by atoms with Crippen molar-refractivity contribution in [3.8, 4) is 0 Å². The van der Waals surface area contributed by atoms with Crippen LogP contribution in [0.25, 0.3) is 11.0 Å². The predicted octanol–water partition coefficient (Wildman–Crippen LogP) is 3.23. The molecule has 0 aliphatic heterocycles. The van der Waals surface area contributed by atoms with Crippen molar-refractivity contribution >= 4 is 16.9 Å². The largest absolute Gasteiger partial charge is 0.343 e. The van der Waals surface area contributed by atoms with Crippen LogP contribution in [0.15, 0.2) is 11.0 Å². The van der Waals surface area contributed by atoms with Crippen LogP contribution in [-0.4, -0.2) is 49.6 Å². The molecule has 2 aromatic heterocycles. The molecule has 2 saturated carbocycles. The molecule has 2 aromatic rings. The molecule has 2 atom stereocenters. The Balaban J connectivity index is 1.63. The smallest absolute Gasteiger partial charge is 0.262 e. The summed E-state index contributed by atoms with van der Waals surface area (Å²) in [4.78, 5) is 34.7. The fourth-order valence-corrected chi connectivity index (χ4v) is 4.56. The van der Waals surface area contributed by atoms with Crippen LogP contribution in [0.2, 0.25) is 0 Å². The standard InChI is InChI=1S/C20H27F2N5O2/c1-3-26(4-2)19(29)14-6-5-13(14)16-24-17-15(18(28)25-16)11-23-27(17)12-7-9-20(21,22)10-8-12/h11-14H,3-10H2,1-2H3,(H,24,25,28). The Hall–Kier alpha value is -2.32. The van der Waals surface area contributed by atoms with Gasteiger partial charge in [-0.25, -0.2) is 18.4 Å². The van der Waals surface area contributed by atoms with Gasteiger partial charge < -0.3 is 9.88 Å². The number of nitrogens with zero attached hydrogens (tertiary/aromatic N) is 4. The SMILES string of the molecule is CCN(CC)C(=O)C1CCC1c1nc2c(cnn2C2CCC(F)(F)CC2)c(=O)[nH]1. The molecule has 2 aliphatic rings. The van der Waals surface area contributed by atoms with Gasteiger partial charge in [-0.3, -0.25) is 9.59 Å². The van der Waals surface area contributed by atoms with E-state index in [1.807, 2.05) is 13.8 Å². The maximum Gasteiger partial charge on any atom is 0.262 e. The zero-order valence-corrected chi connectivity index (χ0v) is 16.8. The molecule has 9 heteroatoms. The molecule has 2 unspecified atom stereocenters. The molecule has 4 rings (SSSR count). The van der Waals surface area contributed by atoms with E-state index in [4.69, 9.17) is 0 Å². The van der Waals surface area contributed by atoms with Crippen LogP contribution in [-0.2, 0) is 4.79 Å². The van der Waals surface area contributed by atoms with Crippen LogP contribution in [0.4, 0.5) is 8.78 Å². The van der Waals surface area contributed by atoms with Gasteiger partial charge in [0.25, 0.3) is 5.56 Å². The van der Waals surface area contributed by atoms with Crippen molar-refractivity contribution in [2.75, 3.05) is 13.1 Å². The van der Waals surface area contributed by atoms with E-state index < -0.39 is 5.92 Å². The Labute approximate surface area is 167 Å². The minimum absolute atomic E-state index is 0.0945. The molecule has 0 radical (unpaired) electrons. The van der Waals surface area contributed by atoms with Crippen LogP contribution in [0.3, 0.4) is 0 Å². The van der Waals surface area contributed by atoms with E-state index in [2.05, 4.69) is 15.1 Å². The van der Waals surface area contributed by atoms with Gasteiger partial charge in [-0.05, 0) is 39.5 Å². The molecule has 1 amide bonds. The van der Waals surface area contributed by atoms with Crippen molar-refractivity contribution in [3.05, 3.63) is 22.4 Å². The number of carbonyl (C=O) groups is 1. The van der Waals surface area contributed by atoms with Crippen molar-refractivity contribution in [3.63, 3.8) is 0 Å². The molecule has 1 N–H and O–H groups in total. The van der Waals surface area contributed by atoms with Crippen LogP contribution in [0, 0.1) is 5.92 Å². The third-order valence-corrected chi connectivity index (χ3v) is 6.53. The Bertz CT molecular complexity index is 955. The van der Waals surface area contributed by atoms with Crippen molar-refractivity contribution in [2.24, 2.45) is 5.92 Å². The van der Waals surface area contributed by atoms with E-state index in [9.17, 15) is 18.4 Å². The maximum absolute atomic E-state index is 13.5. The Morgan fingerprint density at radius 2 is 1.93 bits per heavy atom. The predicted molar refractivity (Wildman–Crippen MR) is 104 cm³/mol. The average Bonchev–Trinajstić information content (AvgIpc) is 3.06. The highest BCUT2D eigenvalue weighted by atomic mass is 19.3. The summed E-state index contributed by atoms with van der Waals surface area (Å²) >= 11 is 0. The molecular weight excluding hydrogens is 380 g/mol. The van der Waals surface area contributed by atoms with Gasteiger partial charge in [0.15, 0.2) is 5.65 Å². The molecular formula is C20H27F2N5O2. The molecule has 2 heterocycles. The van der Waals surface area contributed by atoms with Gasteiger partial charge >= 0.3 is 0 Å². The monoisotopic (exact) mass is 407 g/mol. The summed E-state index contributed by atoms with van der Waals surface area (Å²) in [7, 11) is 0. The number of carbonyl (C=O) groups excluding carboxylic acids is 1.